The third-order valence-corrected chi connectivity index (χ3v) is 5.04. The van der Waals surface area contributed by atoms with Crippen LogP contribution in [0, 0.1) is 11.3 Å². The first kappa shape index (κ1) is 19.1. The van der Waals surface area contributed by atoms with E-state index in [4.69, 9.17) is 5.11 Å². The highest BCUT2D eigenvalue weighted by atomic mass is 16.3. The lowest BCUT2D eigenvalue weighted by Gasteiger charge is -2.14. The Morgan fingerprint density at radius 2 is 2.15 bits per heavy atom. The number of carbonyl (C=O) groups excluding carboxylic acids is 1. The summed E-state index contributed by atoms with van der Waals surface area (Å²) in [6, 6.07) is 14.6. The zero-order chi connectivity index (χ0) is 19.4. The van der Waals surface area contributed by atoms with Gasteiger partial charge in [-0.15, -0.1) is 0 Å². The maximum atomic E-state index is 12.4. The number of nitriles is 1. The monoisotopic (exact) mass is 364 g/mol. The average molecular weight is 364 g/mol. The van der Waals surface area contributed by atoms with Gasteiger partial charge in [-0.1, -0.05) is 43.3 Å². The van der Waals surface area contributed by atoms with Crippen molar-refractivity contribution in [1.82, 2.24) is 0 Å². The van der Waals surface area contributed by atoms with Crippen LogP contribution in [-0.4, -0.2) is 41.3 Å². The van der Waals surface area contributed by atoms with Crippen molar-refractivity contribution in [3.05, 3.63) is 47.5 Å². The fourth-order valence-electron chi connectivity index (χ4n) is 3.37. The first-order valence-electron chi connectivity index (χ1n) is 9.31. The number of hydrogen-bond donors (Lipinski definition) is 2. The Balaban J connectivity index is 1.97. The number of Topliss-reactive ketones (excluding diaryl/α,β-unsaturated/α-hetero) is 1. The molecule has 2 unspecified atom stereocenters. The minimum atomic E-state index is -0.937. The summed E-state index contributed by atoms with van der Waals surface area (Å²) >= 11 is 0. The molecule has 140 valence electrons. The van der Waals surface area contributed by atoms with Crippen LogP contribution in [-0.2, 0) is 4.79 Å². The fourth-order valence-corrected chi connectivity index (χ4v) is 3.37. The predicted octanol–water partition coefficient (Wildman–Crippen LogP) is 3.05. The van der Waals surface area contributed by atoms with Crippen LogP contribution in [0.5, 0.6) is 0 Å². The van der Waals surface area contributed by atoms with Gasteiger partial charge in [0.05, 0.1) is 24.0 Å². The second-order valence-electron chi connectivity index (χ2n) is 6.91. The van der Waals surface area contributed by atoms with Gasteiger partial charge in [0, 0.05) is 24.4 Å². The third kappa shape index (κ3) is 4.19. The summed E-state index contributed by atoms with van der Waals surface area (Å²) in [5.74, 6) is -0.318. The molecule has 0 spiro atoms. The lowest BCUT2D eigenvalue weighted by atomic mass is 9.99. The summed E-state index contributed by atoms with van der Waals surface area (Å²) in [5.41, 5.74) is 2.00. The number of hydrogen-bond acceptors (Lipinski definition) is 5. The molecule has 1 saturated heterocycles. The summed E-state index contributed by atoms with van der Waals surface area (Å²) < 4.78 is 0. The average Bonchev–Trinajstić information content (AvgIpc) is 3.48. The summed E-state index contributed by atoms with van der Waals surface area (Å²) in [4.78, 5) is 14.7. The van der Waals surface area contributed by atoms with Crippen molar-refractivity contribution < 1.29 is 15.0 Å². The van der Waals surface area contributed by atoms with Gasteiger partial charge < -0.3 is 15.1 Å². The zero-order valence-corrected chi connectivity index (χ0v) is 15.4. The van der Waals surface area contributed by atoms with Gasteiger partial charge in [-0.2, -0.15) is 5.26 Å². The Morgan fingerprint density at radius 1 is 1.37 bits per heavy atom. The maximum Gasteiger partial charge on any atom is 0.173 e. The van der Waals surface area contributed by atoms with E-state index in [-0.39, 0.29) is 30.8 Å². The van der Waals surface area contributed by atoms with E-state index < -0.39 is 6.10 Å². The zero-order valence-electron chi connectivity index (χ0n) is 15.4. The molecule has 0 aliphatic carbocycles. The van der Waals surface area contributed by atoms with Crippen molar-refractivity contribution in [2.45, 2.75) is 38.3 Å². The molecule has 1 aliphatic rings. The SMILES string of the molecule is CCC1CN1c1c(/C=C(\C#N)C(=O)CCC(O)CO)ccc2ccccc12. The first-order valence-corrected chi connectivity index (χ1v) is 9.31. The first-order chi connectivity index (χ1) is 13.1. The van der Waals surface area contributed by atoms with Crippen LogP contribution >= 0.6 is 0 Å². The molecular formula is C22H24N2O3. The van der Waals surface area contributed by atoms with E-state index >= 15 is 0 Å². The van der Waals surface area contributed by atoms with E-state index in [9.17, 15) is 15.2 Å². The number of benzene rings is 2. The molecule has 2 N–H and O–H groups in total. The van der Waals surface area contributed by atoms with Gasteiger partial charge in [-0.05, 0) is 29.9 Å². The van der Waals surface area contributed by atoms with Crippen LogP contribution in [0.1, 0.15) is 31.7 Å². The van der Waals surface area contributed by atoms with Crippen molar-refractivity contribution in [3.63, 3.8) is 0 Å². The quantitative estimate of drug-likeness (QED) is 0.427. The van der Waals surface area contributed by atoms with Crippen LogP contribution in [0.3, 0.4) is 0 Å². The Kier molecular flexibility index (Phi) is 5.90. The fraction of sp³-hybridized carbons (Fsp3) is 0.364. The normalized spacial score (nSPS) is 17.6. The minimum Gasteiger partial charge on any atom is -0.394 e. The molecule has 1 heterocycles. The molecule has 0 saturated carbocycles. The van der Waals surface area contributed by atoms with Crippen molar-refractivity contribution in [1.29, 1.82) is 5.26 Å². The van der Waals surface area contributed by atoms with Crippen LogP contribution in [0.2, 0.25) is 0 Å². The molecule has 2 aromatic rings. The summed E-state index contributed by atoms with van der Waals surface area (Å²) in [6.07, 6.45) is 1.94. The van der Waals surface area contributed by atoms with Gasteiger partial charge in [-0.25, -0.2) is 0 Å². The second-order valence-corrected chi connectivity index (χ2v) is 6.91. The lowest BCUT2D eigenvalue weighted by molar-refractivity contribution is -0.115. The molecule has 0 radical (unpaired) electrons. The summed E-state index contributed by atoms with van der Waals surface area (Å²) in [5, 5.41) is 30.0. The second kappa shape index (κ2) is 8.34. The molecule has 0 aromatic heterocycles. The molecule has 2 aromatic carbocycles. The standard InChI is InChI=1S/C22H24N2O3/c1-2-18-13-24(18)22-16(8-7-15-5-3-4-6-20(15)22)11-17(12-23)21(27)10-9-19(26)14-25/h3-8,11,18-19,25-26H,2,9-10,13-14H2,1H3/b17-11+. The molecule has 5 heteroatoms. The number of nitrogens with zero attached hydrogens (tertiary/aromatic N) is 2. The van der Waals surface area contributed by atoms with Crippen molar-refractivity contribution in [2.75, 3.05) is 18.1 Å². The molecule has 2 atom stereocenters. The summed E-state index contributed by atoms with van der Waals surface area (Å²) in [6.45, 7) is 2.74. The Hall–Kier alpha value is -2.68. The van der Waals surface area contributed by atoms with Gasteiger partial charge in [0.25, 0.3) is 0 Å². The number of allylic oxidation sites excluding steroid dienone is 1. The van der Waals surface area contributed by atoms with Gasteiger partial charge in [0.2, 0.25) is 0 Å². The molecule has 5 nitrogen and oxygen atoms in total. The number of rotatable bonds is 8. The highest BCUT2D eigenvalue weighted by molar-refractivity contribution is 6.06. The highest BCUT2D eigenvalue weighted by Crippen LogP contribution is 2.39. The van der Waals surface area contributed by atoms with Crippen molar-refractivity contribution >= 4 is 28.3 Å². The smallest absolute Gasteiger partial charge is 0.173 e. The molecule has 0 amide bonds. The van der Waals surface area contributed by atoms with Gasteiger partial charge >= 0.3 is 0 Å². The molecule has 1 aliphatic heterocycles. The van der Waals surface area contributed by atoms with E-state index in [1.54, 1.807) is 6.08 Å². The number of fused-ring (bicyclic) bond motifs is 1. The predicted molar refractivity (Wildman–Crippen MR) is 106 cm³/mol. The Labute approximate surface area is 159 Å². The van der Waals surface area contributed by atoms with Crippen molar-refractivity contribution in [2.24, 2.45) is 0 Å². The molecule has 3 rings (SSSR count). The van der Waals surface area contributed by atoms with Crippen LogP contribution in [0.4, 0.5) is 5.69 Å². The number of carbonyl (C=O) groups is 1. The summed E-state index contributed by atoms with van der Waals surface area (Å²) in [7, 11) is 0. The molecule has 27 heavy (non-hydrogen) atoms. The third-order valence-electron chi connectivity index (χ3n) is 5.04. The number of ketones is 1. The largest absolute Gasteiger partial charge is 0.394 e. The molecule has 0 bridgehead atoms. The number of aliphatic hydroxyl groups is 2. The molecular weight excluding hydrogens is 340 g/mol. The minimum absolute atomic E-state index is 0.0331. The molecule has 1 fully saturated rings. The lowest BCUT2D eigenvalue weighted by Crippen LogP contribution is -2.14. The van der Waals surface area contributed by atoms with Gasteiger partial charge in [0.1, 0.15) is 6.07 Å². The van der Waals surface area contributed by atoms with E-state index in [2.05, 4.69) is 24.0 Å². The van der Waals surface area contributed by atoms with E-state index in [0.717, 1.165) is 35.0 Å². The van der Waals surface area contributed by atoms with Crippen LogP contribution in [0.25, 0.3) is 16.8 Å². The van der Waals surface area contributed by atoms with Crippen molar-refractivity contribution in [3.8, 4) is 6.07 Å². The highest BCUT2D eigenvalue weighted by Gasteiger charge is 2.34. The maximum absolute atomic E-state index is 12.4. The van der Waals surface area contributed by atoms with Gasteiger partial charge in [-0.3, -0.25) is 4.79 Å². The Bertz CT molecular complexity index is 913. The number of anilines is 1. The van der Waals surface area contributed by atoms with Crippen LogP contribution in [0.15, 0.2) is 42.0 Å². The Morgan fingerprint density at radius 3 is 2.81 bits per heavy atom. The van der Waals surface area contributed by atoms with E-state index in [1.165, 1.54) is 0 Å². The van der Waals surface area contributed by atoms with Crippen LogP contribution < -0.4 is 4.90 Å². The van der Waals surface area contributed by atoms with Gasteiger partial charge in [0.15, 0.2) is 5.78 Å². The van der Waals surface area contributed by atoms with E-state index in [0.29, 0.717) is 6.04 Å². The topological polar surface area (TPSA) is 84.3 Å². The number of aliphatic hydroxyl groups excluding tert-OH is 2. The van der Waals surface area contributed by atoms with E-state index in [1.807, 2.05) is 30.3 Å².